The molecular formula is C18H22N2O2. The number of benzene rings is 1. The highest BCUT2D eigenvalue weighted by molar-refractivity contribution is 5.92. The smallest absolute Gasteiger partial charge is 0.267 e. The molecule has 0 bridgehead atoms. The summed E-state index contributed by atoms with van der Waals surface area (Å²) in [6, 6.07) is 14.2. The average molecular weight is 298 g/mol. The standard InChI is InChI=1S/C18H22N2O2/c1-20-11-5-8-16(20)17(21)19-14-18(9-12-22-13-10-18)15-6-3-2-4-7-15/h2-8,11H,9-10,12-14H2,1H3,(H,19,21). The summed E-state index contributed by atoms with van der Waals surface area (Å²) in [4.78, 5) is 12.4. The van der Waals surface area contributed by atoms with Crippen LogP contribution in [-0.2, 0) is 17.2 Å². The van der Waals surface area contributed by atoms with Crippen LogP contribution in [0.3, 0.4) is 0 Å². The Kier molecular flexibility index (Phi) is 4.29. The summed E-state index contributed by atoms with van der Waals surface area (Å²) >= 11 is 0. The molecule has 2 aromatic rings. The van der Waals surface area contributed by atoms with Crippen molar-refractivity contribution in [1.82, 2.24) is 9.88 Å². The number of nitrogens with one attached hydrogen (secondary N) is 1. The number of hydrogen-bond acceptors (Lipinski definition) is 2. The highest BCUT2D eigenvalue weighted by Gasteiger charge is 2.34. The zero-order valence-corrected chi connectivity index (χ0v) is 12.9. The van der Waals surface area contributed by atoms with Gasteiger partial charge in [0.25, 0.3) is 5.91 Å². The van der Waals surface area contributed by atoms with Crippen LogP contribution in [0.15, 0.2) is 48.7 Å². The molecule has 1 amide bonds. The van der Waals surface area contributed by atoms with E-state index < -0.39 is 0 Å². The van der Waals surface area contributed by atoms with Gasteiger partial charge in [0.2, 0.25) is 0 Å². The van der Waals surface area contributed by atoms with Gasteiger partial charge in [-0.15, -0.1) is 0 Å². The van der Waals surface area contributed by atoms with Gasteiger partial charge in [0.1, 0.15) is 5.69 Å². The average Bonchev–Trinajstić information content (AvgIpc) is 3.00. The van der Waals surface area contributed by atoms with Gasteiger partial charge in [-0.2, -0.15) is 0 Å². The van der Waals surface area contributed by atoms with E-state index in [2.05, 4.69) is 29.6 Å². The number of ether oxygens (including phenoxy) is 1. The number of aromatic nitrogens is 1. The lowest BCUT2D eigenvalue weighted by Gasteiger charge is -2.38. The maximum Gasteiger partial charge on any atom is 0.267 e. The molecule has 2 heterocycles. The maximum atomic E-state index is 12.4. The first kappa shape index (κ1) is 14.9. The Morgan fingerprint density at radius 1 is 1.18 bits per heavy atom. The van der Waals surface area contributed by atoms with Gasteiger partial charge in [0.05, 0.1) is 0 Å². The Balaban J connectivity index is 1.77. The Morgan fingerprint density at radius 3 is 2.55 bits per heavy atom. The number of carbonyl (C=O) groups is 1. The van der Waals surface area contributed by atoms with Gasteiger partial charge in [-0.25, -0.2) is 0 Å². The summed E-state index contributed by atoms with van der Waals surface area (Å²) in [7, 11) is 1.89. The lowest BCUT2D eigenvalue weighted by molar-refractivity contribution is 0.0486. The Hall–Kier alpha value is -2.07. The van der Waals surface area contributed by atoms with E-state index in [0.29, 0.717) is 12.2 Å². The van der Waals surface area contributed by atoms with Crippen LogP contribution in [0.25, 0.3) is 0 Å². The van der Waals surface area contributed by atoms with Gasteiger partial charge in [-0.05, 0) is 30.5 Å². The van der Waals surface area contributed by atoms with Gasteiger partial charge in [0, 0.05) is 38.4 Å². The van der Waals surface area contributed by atoms with Crippen molar-refractivity contribution in [2.75, 3.05) is 19.8 Å². The van der Waals surface area contributed by atoms with Crippen molar-refractivity contribution >= 4 is 5.91 Å². The van der Waals surface area contributed by atoms with Crippen LogP contribution in [0.4, 0.5) is 0 Å². The molecule has 116 valence electrons. The minimum Gasteiger partial charge on any atom is -0.381 e. The Morgan fingerprint density at radius 2 is 1.91 bits per heavy atom. The van der Waals surface area contributed by atoms with Crippen molar-refractivity contribution in [1.29, 1.82) is 0 Å². The predicted molar refractivity (Wildman–Crippen MR) is 85.9 cm³/mol. The van der Waals surface area contributed by atoms with Crippen molar-refractivity contribution in [2.24, 2.45) is 7.05 Å². The molecule has 0 saturated carbocycles. The normalized spacial score (nSPS) is 17.1. The van der Waals surface area contributed by atoms with Crippen LogP contribution in [0, 0.1) is 0 Å². The second-order valence-corrected chi connectivity index (χ2v) is 5.95. The monoisotopic (exact) mass is 298 g/mol. The molecular weight excluding hydrogens is 276 g/mol. The number of nitrogens with zero attached hydrogens (tertiary/aromatic N) is 1. The van der Waals surface area contributed by atoms with Crippen molar-refractivity contribution in [3.63, 3.8) is 0 Å². The molecule has 4 nitrogen and oxygen atoms in total. The number of rotatable bonds is 4. The summed E-state index contributed by atoms with van der Waals surface area (Å²) in [5, 5.41) is 3.12. The summed E-state index contributed by atoms with van der Waals surface area (Å²) in [6.45, 7) is 2.13. The van der Waals surface area contributed by atoms with Crippen molar-refractivity contribution < 1.29 is 9.53 Å². The fraction of sp³-hybridized carbons (Fsp3) is 0.389. The molecule has 1 saturated heterocycles. The molecule has 3 rings (SSSR count). The molecule has 1 aliphatic rings. The van der Waals surface area contributed by atoms with E-state index in [1.165, 1.54) is 5.56 Å². The summed E-state index contributed by atoms with van der Waals surface area (Å²) in [5.41, 5.74) is 1.95. The second-order valence-electron chi connectivity index (χ2n) is 5.95. The summed E-state index contributed by atoms with van der Waals surface area (Å²) < 4.78 is 7.37. The molecule has 0 spiro atoms. The second kappa shape index (κ2) is 6.36. The van der Waals surface area contributed by atoms with Gasteiger partial charge >= 0.3 is 0 Å². The van der Waals surface area contributed by atoms with Crippen molar-refractivity contribution in [3.8, 4) is 0 Å². The number of amides is 1. The Labute approximate surface area is 131 Å². The highest BCUT2D eigenvalue weighted by Crippen LogP contribution is 2.34. The molecule has 1 aromatic heterocycles. The lowest BCUT2D eigenvalue weighted by atomic mass is 9.74. The fourth-order valence-electron chi connectivity index (χ4n) is 3.16. The lowest BCUT2D eigenvalue weighted by Crippen LogP contribution is -2.44. The third-order valence-electron chi connectivity index (χ3n) is 4.60. The van der Waals surface area contributed by atoms with Crippen molar-refractivity contribution in [2.45, 2.75) is 18.3 Å². The van der Waals surface area contributed by atoms with Crippen LogP contribution in [-0.4, -0.2) is 30.2 Å². The van der Waals surface area contributed by atoms with E-state index in [1.807, 2.05) is 36.0 Å². The summed E-state index contributed by atoms with van der Waals surface area (Å²) in [6.07, 6.45) is 3.76. The van der Waals surface area contributed by atoms with Crippen LogP contribution in [0.2, 0.25) is 0 Å². The van der Waals surface area contributed by atoms with Gasteiger partial charge in [-0.1, -0.05) is 30.3 Å². The SMILES string of the molecule is Cn1cccc1C(=O)NCC1(c2ccccc2)CCOCC1. The molecule has 0 aliphatic carbocycles. The van der Waals surface area contributed by atoms with E-state index in [1.54, 1.807) is 0 Å². The minimum absolute atomic E-state index is 0.0192. The molecule has 0 radical (unpaired) electrons. The minimum atomic E-state index is -0.0274. The van der Waals surface area contributed by atoms with Crippen LogP contribution in [0.1, 0.15) is 28.9 Å². The predicted octanol–water partition coefficient (Wildman–Crippen LogP) is 2.50. The van der Waals surface area contributed by atoms with Gasteiger partial charge in [-0.3, -0.25) is 4.79 Å². The van der Waals surface area contributed by atoms with Crippen LogP contribution < -0.4 is 5.32 Å². The van der Waals surface area contributed by atoms with E-state index in [9.17, 15) is 4.79 Å². The topological polar surface area (TPSA) is 43.3 Å². The Bertz CT molecular complexity index is 628. The maximum absolute atomic E-state index is 12.4. The molecule has 1 aromatic carbocycles. The largest absolute Gasteiger partial charge is 0.381 e. The quantitative estimate of drug-likeness (QED) is 0.942. The van der Waals surface area contributed by atoms with Crippen LogP contribution >= 0.6 is 0 Å². The first-order valence-electron chi connectivity index (χ1n) is 7.74. The van der Waals surface area contributed by atoms with E-state index >= 15 is 0 Å². The molecule has 4 heteroatoms. The molecule has 0 unspecified atom stereocenters. The molecule has 1 fully saturated rings. The molecule has 1 aliphatic heterocycles. The first-order chi connectivity index (χ1) is 10.7. The van der Waals surface area contributed by atoms with E-state index in [0.717, 1.165) is 26.1 Å². The number of aryl methyl sites for hydroxylation is 1. The van der Waals surface area contributed by atoms with Gasteiger partial charge in [0.15, 0.2) is 0 Å². The van der Waals surface area contributed by atoms with Gasteiger partial charge < -0.3 is 14.6 Å². The fourth-order valence-corrected chi connectivity index (χ4v) is 3.16. The molecule has 0 atom stereocenters. The third-order valence-corrected chi connectivity index (χ3v) is 4.60. The number of carbonyl (C=O) groups excluding carboxylic acids is 1. The molecule has 22 heavy (non-hydrogen) atoms. The number of hydrogen-bond donors (Lipinski definition) is 1. The summed E-state index contributed by atoms with van der Waals surface area (Å²) in [5.74, 6) is -0.0192. The van der Waals surface area contributed by atoms with E-state index in [-0.39, 0.29) is 11.3 Å². The highest BCUT2D eigenvalue weighted by atomic mass is 16.5. The van der Waals surface area contributed by atoms with Crippen LogP contribution in [0.5, 0.6) is 0 Å². The van der Waals surface area contributed by atoms with E-state index in [4.69, 9.17) is 4.74 Å². The zero-order valence-electron chi connectivity index (χ0n) is 12.9. The first-order valence-corrected chi connectivity index (χ1v) is 7.74. The zero-order chi connectivity index (χ0) is 15.4. The molecule has 1 N–H and O–H groups in total. The third kappa shape index (κ3) is 2.92. The van der Waals surface area contributed by atoms with Crippen molar-refractivity contribution in [3.05, 3.63) is 59.9 Å².